The van der Waals surface area contributed by atoms with Crippen molar-refractivity contribution in [1.29, 1.82) is 0 Å². The predicted octanol–water partition coefficient (Wildman–Crippen LogP) is 3.19. The molecule has 0 radical (unpaired) electrons. The molecular formula is C21H25NO4. The minimum Gasteiger partial charge on any atom is -0.493 e. The fourth-order valence-corrected chi connectivity index (χ4v) is 3.43. The SMILES string of the molecule is CCOC(=O)C1Cc2ccccc2CN1Cc1ccc(OC)c(OC)c1. The lowest BCUT2D eigenvalue weighted by atomic mass is 9.93. The van der Waals surface area contributed by atoms with Crippen LogP contribution in [0.1, 0.15) is 23.6 Å². The van der Waals surface area contributed by atoms with Gasteiger partial charge in [0.1, 0.15) is 6.04 Å². The molecule has 0 saturated carbocycles. The molecule has 138 valence electrons. The van der Waals surface area contributed by atoms with Crippen LogP contribution in [0.3, 0.4) is 0 Å². The van der Waals surface area contributed by atoms with Gasteiger partial charge in [-0.2, -0.15) is 0 Å². The molecule has 0 fully saturated rings. The number of nitrogens with zero attached hydrogens (tertiary/aromatic N) is 1. The van der Waals surface area contributed by atoms with Crippen LogP contribution in [0.25, 0.3) is 0 Å². The maximum absolute atomic E-state index is 12.5. The normalized spacial score (nSPS) is 16.7. The van der Waals surface area contributed by atoms with E-state index in [4.69, 9.17) is 14.2 Å². The highest BCUT2D eigenvalue weighted by atomic mass is 16.5. The Balaban J connectivity index is 1.87. The largest absolute Gasteiger partial charge is 0.493 e. The summed E-state index contributed by atoms with van der Waals surface area (Å²) in [5.74, 6) is 1.22. The van der Waals surface area contributed by atoms with Crippen molar-refractivity contribution in [2.45, 2.75) is 32.5 Å². The molecule has 5 heteroatoms. The molecule has 26 heavy (non-hydrogen) atoms. The van der Waals surface area contributed by atoms with E-state index >= 15 is 0 Å². The van der Waals surface area contributed by atoms with Gasteiger partial charge < -0.3 is 14.2 Å². The van der Waals surface area contributed by atoms with Gasteiger partial charge in [-0.1, -0.05) is 30.3 Å². The van der Waals surface area contributed by atoms with E-state index < -0.39 is 0 Å². The van der Waals surface area contributed by atoms with Gasteiger partial charge in [-0.15, -0.1) is 0 Å². The molecule has 0 amide bonds. The van der Waals surface area contributed by atoms with Crippen molar-refractivity contribution in [3.05, 3.63) is 59.2 Å². The van der Waals surface area contributed by atoms with Gasteiger partial charge >= 0.3 is 5.97 Å². The Bertz CT molecular complexity index is 774. The molecule has 0 bridgehead atoms. The molecule has 2 aromatic rings. The predicted molar refractivity (Wildman–Crippen MR) is 99.4 cm³/mol. The van der Waals surface area contributed by atoms with E-state index in [1.807, 2.05) is 37.3 Å². The summed E-state index contributed by atoms with van der Waals surface area (Å²) >= 11 is 0. The molecule has 2 aromatic carbocycles. The quantitative estimate of drug-likeness (QED) is 0.745. The molecule has 3 rings (SSSR count). The zero-order valence-corrected chi connectivity index (χ0v) is 15.5. The first-order chi connectivity index (χ1) is 12.7. The topological polar surface area (TPSA) is 48.0 Å². The number of esters is 1. The lowest BCUT2D eigenvalue weighted by molar-refractivity contribution is -0.150. The van der Waals surface area contributed by atoms with Crippen molar-refractivity contribution in [2.75, 3.05) is 20.8 Å². The van der Waals surface area contributed by atoms with E-state index in [2.05, 4.69) is 17.0 Å². The van der Waals surface area contributed by atoms with Crippen LogP contribution in [0.15, 0.2) is 42.5 Å². The Morgan fingerprint density at radius 1 is 1.08 bits per heavy atom. The maximum atomic E-state index is 12.5. The standard InChI is InChI=1S/C21H25NO4/c1-4-26-21(23)18-12-16-7-5-6-8-17(16)14-22(18)13-15-9-10-19(24-2)20(11-15)25-3/h5-11,18H,4,12-14H2,1-3H3. The van der Waals surface area contributed by atoms with E-state index in [9.17, 15) is 4.79 Å². The zero-order chi connectivity index (χ0) is 18.5. The third kappa shape index (κ3) is 3.83. The van der Waals surface area contributed by atoms with Gasteiger partial charge in [0.05, 0.1) is 20.8 Å². The van der Waals surface area contributed by atoms with Crippen LogP contribution in [0.2, 0.25) is 0 Å². The minimum absolute atomic E-state index is 0.164. The number of rotatable bonds is 6. The molecule has 1 aliphatic rings. The summed E-state index contributed by atoms with van der Waals surface area (Å²) in [7, 11) is 3.25. The second-order valence-electron chi connectivity index (χ2n) is 6.33. The second-order valence-corrected chi connectivity index (χ2v) is 6.33. The lowest BCUT2D eigenvalue weighted by Crippen LogP contribution is -2.45. The lowest BCUT2D eigenvalue weighted by Gasteiger charge is -2.35. The number of carbonyl (C=O) groups excluding carboxylic acids is 1. The highest BCUT2D eigenvalue weighted by molar-refractivity contribution is 5.76. The van der Waals surface area contributed by atoms with Crippen LogP contribution < -0.4 is 9.47 Å². The van der Waals surface area contributed by atoms with Gasteiger partial charge in [0.25, 0.3) is 0 Å². The van der Waals surface area contributed by atoms with Crippen molar-refractivity contribution in [1.82, 2.24) is 4.90 Å². The number of carbonyl (C=O) groups is 1. The number of hydrogen-bond acceptors (Lipinski definition) is 5. The van der Waals surface area contributed by atoms with E-state index in [1.54, 1.807) is 14.2 Å². The molecule has 1 unspecified atom stereocenters. The fourth-order valence-electron chi connectivity index (χ4n) is 3.43. The van der Waals surface area contributed by atoms with Gasteiger partial charge in [0.2, 0.25) is 0 Å². The molecule has 0 spiro atoms. The average Bonchev–Trinajstić information content (AvgIpc) is 2.67. The summed E-state index contributed by atoms with van der Waals surface area (Å²) in [5, 5.41) is 0. The van der Waals surface area contributed by atoms with Crippen LogP contribution in [0.4, 0.5) is 0 Å². The molecule has 0 saturated heterocycles. The first-order valence-corrected chi connectivity index (χ1v) is 8.84. The summed E-state index contributed by atoms with van der Waals surface area (Å²) in [5.41, 5.74) is 3.54. The van der Waals surface area contributed by atoms with E-state index in [0.717, 1.165) is 5.56 Å². The van der Waals surface area contributed by atoms with Crippen molar-refractivity contribution in [3.63, 3.8) is 0 Å². The summed E-state index contributed by atoms with van der Waals surface area (Å²) in [6, 6.07) is 13.9. The van der Waals surface area contributed by atoms with Gasteiger partial charge in [-0.05, 0) is 42.2 Å². The fraction of sp³-hybridized carbons (Fsp3) is 0.381. The zero-order valence-electron chi connectivity index (χ0n) is 15.5. The third-order valence-electron chi connectivity index (χ3n) is 4.74. The van der Waals surface area contributed by atoms with E-state index in [-0.39, 0.29) is 12.0 Å². The molecular weight excluding hydrogens is 330 g/mol. The van der Waals surface area contributed by atoms with Crippen molar-refractivity contribution < 1.29 is 19.0 Å². The Labute approximate surface area is 154 Å². The molecule has 1 atom stereocenters. The first-order valence-electron chi connectivity index (χ1n) is 8.84. The smallest absolute Gasteiger partial charge is 0.323 e. The monoisotopic (exact) mass is 355 g/mol. The van der Waals surface area contributed by atoms with E-state index in [1.165, 1.54) is 11.1 Å². The van der Waals surface area contributed by atoms with Crippen molar-refractivity contribution >= 4 is 5.97 Å². The van der Waals surface area contributed by atoms with Crippen LogP contribution in [-0.4, -0.2) is 37.7 Å². The second kappa shape index (κ2) is 8.23. The van der Waals surface area contributed by atoms with Crippen LogP contribution in [0, 0.1) is 0 Å². The van der Waals surface area contributed by atoms with Gasteiger partial charge in [-0.25, -0.2) is 0 Å². The van der Waals surface area contributed by atoms with Crippen LogP contribution >= 0.6 is 0 Å². The minimum atomic E-state index is -0.280. The Morgan fingerprint density at radius 2 is 1.81 bits per heavy atom. The Hall–Kier alpha value is -2.53. The van der Waals surface area contributed by atoms with E-state index in [0.29, 0.717) is 37.6 Å². The van der Waals surface area contributed by atoms with Gasteiger partial charge in [0.15, 0.2) is 11.5 Å². The summed E-state index contributed by atoms with van der Waals surface area (Å²) < 4.78 is 16.0. The van der Waals surface area contributed by atoms with Crippen LogP contribution in [0.5, 0.6) is 11.5 Å². The number of benzene rings is 2. The third-order valence-corrected chi connectivity index (χ3v) is 4.74. The molecule has 0 aromatic heterocycles. The van der Waals surface area contributed by atoms with Gasteiger partial charge in [-0.3, -0.25) is 9.69 Å². The summed E-state index contributed by atoms with van der Waals surface area (Å²) in [6.07, 6.45) is 0.669. The molecule has 5 nitrogen and oxygen atoms in total. The number of fused-ring (bicyclic) bond motifs is 1. The number of methoxy groups -OCH3 is 2. The molecule has 0 aliphatic carbocycles. The van der Waals surface area contributed by atoms with Crippen molar-refractivity contribution in [2.24, 2.45) is 0 Å². The molecule has 1 heterocycles. The van der Waals surface area contributed by atoms with Gasteiger partial charge in [0, 0.05) is 13.1 Å². The molecule has 0 N–H and O–H groups in total. The average molecular weight is 355 g/mol. The summed E-state index contributed by atoms with van der Waals surface area (Å²) in [4.78, 5) is 14.7. The van der Waals surface area contributed by atoms with Crippen LogP contribution in [-0.2, 0) is 29.0 Å². The maximum Gasteiger partial charge on any atom is 0.323 e. The highest BCUT2D eigenvalue weighted by Crippen LogP contribution is 2.30. The van der Waals surface area contributed by atoms with Crippen molar-refractivity contribution in [3.8, 4) is 11.5 Å². The Kier molecular flexibility index (Phi) is 5.78. The summed E-state index contributed by atoms with van der Waals surface area (Å²) in [6.45, 7) is 3.58. The molecule has 1 aliphatic heterocycles. The highest BCUT2D eigenvalue weighted by Gasteiger charge is 2.32. The number of hydrogen-bond donors (Lipinski definition) is 0. The Morgan fingerprint density at radius 3 is 2.50 bits per heavy atom. The number of ether oxygens (including phenoxy) is 3. The first kappa shape index (κ1) is 18.3.